The molecule has 76 valence electrons. The monoisotopic (exact) mass is 190 g/mol. The fraction of sp³-hybridized carbons (Fsp3) is 0.583. The lowest BCUT2D eigenvalue weighted by molar-refractivity contribution is 0.176. The molecule has 0 aromatic carbocycles. The minimum atomic E-state index is 0.700. The van der Waals surface area contributed by atoms with E-state index < -0.39 is 0 Å². The summed E-state index contributed by atoms with van der Waals surface area (Å²) in [5.74, 6) is 3.37. The molecule has 0 spiro atoms. The average molecular weight is 190 g/mol. The molecule has 2 unspecified atom stereocenters. The summed E-state index contributed by atoms with van der Waals surface area (Å²) in [6.45, 7) is 4.66. The van der Waals surface area contributed by atoms with Crippen LogP contribution in [0.1, 0.15) is 31.7 Å². The molecule has 1 fully saturated rings. The molecule has 1 aliphatic carbocycles. The molecule has 1 heterocycles. The van der Waals surface area contributed by atoms with Gasteiger partial charge in [0.25, 0.3) is 0 Å². The van der Waals surface area contributed by atoms with E-state index in [1.54, 1.807) is 0 Å². The van der Waals surface area contributed by atoms with Gasteiger partial charge in [-0.3, -0.25) is 0 Å². The second-order valence-corrected chi connectivity index (χ2v) is 4.41. The van der Waals surface area contributed by atoms with E-state index in [1.165, 1.54) is 12.0 Å². The van der Waals surface area contributed by atoms with Gasteiger partial charge in [0.2, 0.25) is 0 Å². The first-order valence-corrected chi connectivity index (χ1v) is 5.36. The fourth-order valence-corrected chi connectivity index (χ4v) is 2.75. The Balaban J connectivity index is 2.31. The summed E-state index contributed by atoms with van der Waals surface area (Å²) in [5.41, 5.74) is 1.39. The number of nitrogens with zero attached hydrogens (tertiary/aromatic N) is 1. The van der Waals surface area contributed by atoms with E-state index in [-0.39, 0.29) is 0 Å². The van der Waals surface area contributed by atoms with Crippen molar-refractivity contribution in [3.05, 3.63) is 23.9 Å². The largest absolute Gasteiger partial charge is 0.373 e. The molecule has 1 aromatic heterocycles. The van der Waals surface area contributed by atoms with Crippen LogP contribution in [0.2, 0.25) is 0 Å². The Morgan fingerprint density at radius 1 is 1.36 bits per heavy atom. The topological polar surface area (TPSA) is 24.9 Å². The Hall–Kier alpha value is -1.05. The van der Waals surface area contributed by atoms with Gasteiger partial charge in [0.1, 0.15) is 5.82 Å². The summed E-state index contributed by atoms with van der Waals surface area (Å²) in [6.07, 6.45) is 3.20. The second kappa shape index (κ2) is 3.60. The van der Waals surface area contributed by atoms with Crippen molar-refractivity contribution in [2.24, 2.45) is 11.8 Å². The number of aromatic nitrogens is 1. The quantitative estimate of drug-likeness (QED) is 0.775. The van der Waals surface area contributed by atoms with Gasteiger partial charge in [-0.1, -0.05) is 19.9 Å². The summed E-state index contributed by atoms with van der Waals surface area (Å²) >= 11 is 0. The van der Waals surface area contributed by atoms with Gasteiger partial charge in [0, 0.05) is 13.2 Å². The number of rotatable bonds is 2. The first kappa shape index (κ1) is 9.50. The summed E-state index contributed by atoms with van der Waals surface area (Å²) in [5, 5.41) is 3.17. The van der Waals surface area contributed by atoms with E-state index in [4.69, 9.17) is 0 Å². The molecule has 2 heteroatoms. The summed E-state index contributed by atoms with van der Waals surface area (Å²) in [4.78, 5) is 4.36. The number of pyridine rings is 1. The van der Waals surface area contributed by atoms with Crippen molar-refractivity contribution in [3.8, 4) is 0 Å². The summed E-state index contributed by atoms with van der Waals surface area (Å²) < 4.78 is 0. The third kappa shape index (κ3) is 1.39. The Bertz CT molecular complexity index is 314. The molecule has 1 aliphatic rings. The van der Waals surface area contributed by atoms with Gasteiger partial charge in [-0.15, -0.1) is 0 Å². The van der Waals surface area contributed by atoms with Crippen molar-refractivity contribution in [1.82, 2.24) is 4.98 Å². The van der Waals surface area contributed by atoms with E-state index in [2.05, 4.69) is 30.2 Å². The molecule has 1 aromatic rings. The molecular weight excluding hydrogens is 172 g/mol. The van der Waals surface area contributed by atoms with Crippen molar-refractivity contribution in [1.29, 1.82) is 0 Å². The minimum Gasteiger partial charge on any atom is -0.373 e. The van der Waals surface area contributed by atoms with Gasteiger partial charge in [-0.05, 0) is 35.8 Å². The molecule has 0 amide bonds. The van der Waals surface area contributed by atoms with Crippen LogP contribution >= 0.6 is 0 Å². The standard InChI is InChI=1S/C12H18N2/c1-8-7-9(2)11(8)10-5-4-6-14-12(10)13-3/h4-6,8-9,11H,7H2,1-3H3,(H,13,14). The molecule has 2 atom stereocenters. The number of anilines is 1. The van der Waals surface area contributed by atoms with Crippen LogP contribution in [0, 0.1) is 11.8 Å². The van der Waals surface area contributed by atoms with Crippen molar-refractivity contribution in [3.63, 3.8) is 0 Å². The van der Waals surface area contributed by atoms with Gasteiger partial charge in [-0.25, -0.2) is 4.98 Å². The Labute approximate surface area is 85.7 Å². The van der Waals surface area contributed by atoms with Gasteiger partial charge in [-0.2, -0.15) is 0 Å². The molecule has 0 radical (unpaired) electrons. The predicted molar refractivity (Wildman–Crippen MR) is 59.5 cm³/mol. The Morgan fingerprint density at radius 3 is 2.64 bits per heavy atom. The molecular formula is C12H18N2. The van der Waals surface area contributed by atoms with E-state index in [1.807, 2.05) is 19.3 Å². The average Bonchev–Trinajstić information content (AvgIpc) is 2.18. The van der Waals surface area contributed by atoms with E-state index in [0.29, 0.717) is 5.92 Å². The van der Waals surface area contributed by atoms with E-state index in [0.717, 1.165) is 17.7 Å². The lowest BCUT2D eigenvalue weighted by atomic mass is 9.63. The minimum absolute atomic E-state index is 0.700. The second-order valence-electron chi connectivity index (χ2n) is 4.41. The highest BCUT2D eigenvalue weighted by Gasteiger charge is 2.37. The van der Waals surface area contributed by atoms with Crippen LogP contribution in [-0.4, -0.2) is 12.0 Å². The van der Waals surface area contributed by atoms with Crippen molar-refractivity contribution in [2.75, 3.05) is 12.4 Å². The molecule has 1 saturated carbocycles. The Kier molecular flexibility index (Phi) is 2.44. The summed E-state index contributed by atoms with van der Waals surface area (Å²) in [7, 11) is 1.94. The maximum Gasteiger partial charge on any atom is 0.129 e. The molecule has 14 heavy (non-hydrogen) atoms. The van der Waals surface area contributed by atoms with Crippen LogP contribution in [0.15, 0.2) is 18.3 Å². The molecule has 0 bridgehead atoms. The van der Waals surface area contributed by atoms with Gasteiger partial charge < -0.3 is 5.32 Å². The van der Waals surface area contributed by atoms with Crippen molar-refractivity contribution >= 4 is 5.82 Å². The van der Waals surface area contributed by atoms with E-state index >= 15 is 0 Å². The third-order valence-electron chi connectivity index (χ3n) is 3.40. The van der Waals surface area contributed by atoms with Crippen molar-refractivity contribution in [2.45, 2.75) is 26.2 Å². The van der Waals surface area contributed by atoms with Crippen molar-refractivity contribution < 1.29 is 0 Å². The zero-order valence-electron chi connectivity index (χ0n) is 9.12. The van der Waals surface area contributed by atoms with Crippen LogP contribution < -0.4 is 5.32 Å². The molecule has 2 rings (SSSR count). The van der Waals surface area contributed by atoms with Crippen LogP contribution in [0.4, 0.5) is 5.82 Å². The maximum atomic E-state index is 4.36. The highest BCUT2D eigenvalue weighted by Crippen LogP contribution is 2.48. The SMILES string of the molecule is CNc1ncccc1C1C(C)CC1C. The molecule has 2 nitrogen and oxygen atoms in total. The van der Waals surface area contributed by atoms with Gasteiger partial charge >= 0.3 is 0 Å². The zero-order chi connectivity index (χ0) is 10.1. The highest BCUT2D eigenvalue weighted by molar-refractivity contribution is 5.46. The van der Waals surface area contributed by atoms with E-state index in [9.17, 15) is 0 Å². The fourth-order valence-electron chi connectivity index (χ4n) is 2.75. The number of hydrogen-bond acceptors (Lipinski definition) is 2. The van der Waals surface area contributed by atoms with Gasteiger partial charge in [0.05, 0.1) is 0 Å². The smallest absolute Gasteiger partial charge is 0.129 e. The Morgan fingerprint density at radius 2 is 2.07 bits per heavy atom. The van der Waals surface area contributed by atoms with Gasteiger partial charge in [0.15, 0.2) is 0 Å². The lowest BCUT2D eigenvalue weighted by Crippen LogP contribution is -2.31. The first-order chi connectivity index (χ1) is 6.74. The predicted octanol–water partition coefficient (Wildman–Crippen LogP) is 2.88. The number of hydrogen-bond donors (Lipinski definition) is 1. The van der Waals surface area contributed by atoms with Crippen LogP contribution in [0.5, 0.6) is 0 Å². The first-order valence-electron chi connectivity index (χ1n) is 5.36. The summed E-state index contributed by atoms with van der Waals surface area (Å²) in [6, 6.07) is 4.24. The lowest BCUT2D eigenvalue weighted by Gasteiger charge is -2.41. The van der Waals surface area contributed by atoms with Crippen LogP contribution in [0.3, 0.4) is 0 Å². The zero-order valence-corrected chi connectivity index (χ0v) is 9.12. The molecule has 0 saturated heterocycles. The number of nitrogens with one attached hydrogen (secondary N) is 1. The third-order valence-corrected chi connectivity index (χ3v) is 3.40. The van der Waals surface area contributed by atoms with Crippen LogP contribution in [0.25, 0.3) is 0 Å². The normalized spacial score (nSPS) is 30.9. The highest BCUT2D eigenvalue weighted by atomic mass is 15.0. The molecule has 0 aliphatic heterocycles. The maximum absolute atomic E-state index is 4.36. The molecule has 1 N–H and O–H groups in total. The van der Waals surface area contributed by atoms with Crippen LogP contribution in [-0.2, 0) is 0 Å².